The smallest absolute Gasteiger partial charge is 0.193 e. The Bertz CT molecular complexity index is 303. The molecule has 2 rings (SSSR count). The van der Waals surface area contributed by atoms with Gasteiger partial charge in [0.2, 0.25) is 0 Å². The molecule has 2 atom stereocenters. The van der Waals surface area contributed by atoms with Gasteiger partial charge >= 0.3 is 0 Å². The summed E-state index contributed by atoms with van der Waals surface area (Å²) >= 11 is 2.10. The number of nitrogens with one attached hydrogen (secondary N) is 1. The zero-order valence-corrected chi connectivity index (χ0v) is 13.2. The molecule has 110 valence electrons. The second kappa shape index (κ2) is 7.39. The third kappa shape index (κ3) is 4.28. The Morgan fingerprint density at radius 2 is 2.37 bits per heavy atom. The third-order valence-corrected chi connectivity index (χ3v) is 5.40. The van der Waals surface area contributed by atoms with Crippen LogP contribution in [0.3, 0.4) is 0 Å². The molecule has 0 spiro atoms. The predicted octanol–water partition coefficient (Wildman–Crippen LogP) is 1.81. The molecule has 2 fully saturated rings. The van der Waals surface area contributed by atoms with Gasteiger partial charge in [-0.25, -0.2) is 0 Å². The standard InChI is InChI=1S/C14H27N3OS/c1-11(2)13-10-17(6-8-19-13)14(15-3)16-9-12-5-4-7-18-12/h11-13H,4-10H2,1-3H3,(H,15,16). The highest BCUT2D eigenvalue weighted by molar-refractivity contribution is 8.00. The Labute approximate surface area is 121 Å². The second-order valence-corrected chi connectivity index (χ2v) is 7.01. The summed E-state index contributed by atoms with van der Waals surface area (Å²) in [6, 6.07) is 0. The molecule has 0 amide bonds. The van der Waals surface area contributed by atoms with Crippen molar-refractivity contribution in [1.82, 2.24) is 10.2 Å². The molecule has 2 saturated heterocycles. The molecular formula is C14H27N3OS. The number of nitrogens with zero attached hydrogens (tertiary/aromatic N) is 2. The zero-order chi connectivity index (χ0) is 13.7. The van der Waals surface area contributed by atoms with Gasteiger partial charge in [0.15, 0.2) is 5.96 Å². The first-order valence-corrected chi connectivity index (χ1v) is 8.44. The average molecular weight is 285 g/mol. The minimum absolute atomic E-state index is 0.372. The Balaban J connectivity index is 1.82. The second-order valence-electron chi connectivity index (χ2n) is 5.66. The topological polar surface area (TPSA) is 36.9 Å². The summed E-state index contributed by atoms with van der Waals surface area (Å²) in [6.07, 6.45) is 2.74. The van der Waals surface area contributed by atoms with Crippen LogP contribution in [0.4, 0.5) is 0 Å². The van der Waals surface area contributed by atoms with Gasteiger partial charge in [-0.15, -0.1) is 0 Å². The average Bonchev–Trinajstić information content (AvgIpc) is 2.93. The molecule has 0 aromatic rings. The van der Waals surface area contributed by atoms with Gasteiger partial charge < -0.3 is 15.0 Å². The number of hydrogen-bond acceptors (Lipinski definition) is 3. The van der Waals surface area contributed by atoms with Crippen LogP contribution in [0.5, 0.6) is 0 Å². The Morgan fingerprint density at radius 1 is 1.53 bits per heavy atom. The normalized spacial score (nSPS) is 29.1. The number of rotatable bonds is 3. The van der Waals surface area contributed by atoms with Crippen LogP contribution in [-0.4, -0.2) is 61.3 Å². The molecule has 0 saturated carbocycles. The molecule has 2 unspecified atom stereocenters. The van der Waals surface area contributed by atoms with Crippen molar-refractivity contribution in [3.05, 3.63) is 0 Å². The van der Waals surface area contributed by atoms with Crippen molar-refractivity contribution in [2.24, 2.45) is 10.9 Å². The molecule has 4 nitrogen and oxygen atoms in total. The molecular weight excluding hydrogens is 258 g/mol. The zero-order valence-electron chi connectivity index (χ0n) is 12.4. The number of hydrogen-bond donors (Lipinski definition) is 1. The van der Waals surface area contributed by atoms with Crippen LogP contribution in [0.2, 0.25) is 0 Å². The van der Waals surface area contributed by atoms with Gasteiger partial charge in [0, 0.05) is 44.3 Å². The third-order valence-electron chi connectivity index (χ3n) is 3.86. The minimum atomic E-state index is 0.372. The first-order valence-electron chi connectivity index (χ1n) is 7.39. The Hall–Kier alpha value is -0.420. The summed E-state index contributed by atoms with van der Waals surface area (Å²) in [5.74, 6) is 2.97. The quantitative estimate of drug-likeness (QED) is 0.634. The summed E-state index contributed by atoms with van der Waals surface area (Å²) in [6.45, 7) is 8.63. The molecule has 0 bridgehead atoms. The number of ether oxygens (including phenoxy) is 1. The van der Waals surface area contributed by atoms with E-state index in [4.69, 9.17) is 4.74 Å². The van der Waals surface area contributed by atoms with Gasteiger partial charge in [-0.3, -0.25) is 4.99 Å². The van der Waals surface area contributed by atoms with E-state index in [-0.39, 0.29) is 0 Å². The van der Waals surface area contributed by atoms with Crippen molar-refractivity contribution < 1.29 is 4.74 Å². The summed E-state index contributed by atoms with van der Waals surface area (Å²) in [5.41, 5.74) is 0. The number of guanidine groups is 1. The molecule has 2 aliphatic rings. The number of thioether (sulfide) groups is 1. The van der Waals surface area contributed by atoms with E-state index in [1.54, 1.807) is 0 Å². The highest BCUT2D eigenvalue weighted by atomic mass is 32.2. The van der Waals surface area contributed by atoms with Crippen LogP contribution in [-0.2, 0) is 4.74 Å². The van der Waals surface area contributed by atoms with E-state index < -0.39 is 0 Å². The van der Waals surface area contributed by atoms with Gasteiger partial charge in [0.25, 0.3) is 0 Å². The fourth-order valence-corrected chi connectivity index (χ4v) is 3.91. The van der Waals surface area contributed by atoms with E-state index in [0.29, 0.717) is 6.10 Å². The maximum atomic E-state index is 5.65. The van der Waals surface area contributed by atoms with E-state index >= 15 is 0 Å². The summed E-state index contributed by atoms with van der Waals surface area (Å²) in [7, 11) is 1.88. The van der Waals surface area contributed by atoms with E-state index in [1.165, 1.54) is 18.6 Å². The van der Waals surface area contributed by atoms with Crippen LogP contribution in [0, 0.1) is 5.92 Å². The molecule has 0 aromatic carbocycles. The van der Waals surface area contributed by atoms with Crippen molar-refractivity contribution in [1.29, 1.82) is 0 Å². The van der Waals surface area contributed by atoms with Crippen molar-refractivity contribution in [2.45, 2.75) is 38.0 Å². The largest absolute Gasteiger partial charge is 0.376 e. The highest BCUT2D eigenvalue weighted by Gasteiger charge is 2.25. The highest BCUT2D eigenvalue weighted by Crippen LogP contribution is 2.24. The van der Waals surface area contributed by atoms with E-state index in [2.05, 4.69) is 40.8 Å². The van der Waals surface area contributed by atoms with E-state index in [0.717, 1.165) is 43.4 Å². The lowest BCUT2D eigenvalue weighted by Gasteiger charge is -2.36. The van der Waals surface area contributed by atoms with Crippen LogP contribution in [0.25, 0.3) is 0 Å². The van der Waals surface area contributed by atoms with Crippen molar-refractivity contribution in [3.63, 3.8) is 0 Å². The minimum Gasteiger partial charge on any atom is -0.376 e. The summed E-state index contributed by atoms with van der Waals surface area (Å²) in [5, 5.41) is 4.20. The van der Waals surface area contributed by atoms with Crippen LogP contribution < -0.4 is 5.32 Å². The van der Waals surface area contributed by atoms with Gasteiger partial charge in [0.05, 0.1) is 6.10 Å². The maximum Gasteiger partial charge on any atom is 0.193 e. The number of aliphatic imine (C=N–C) groups is 1. The summed E-state index contributed by atoms with van der Waals surface area (Å²) < 4.78 is 5.65. The molecule has 0 aromatic heterocycles. The van der Waals surface area contributed by atoms with E-state index in [1.807, 2.05) is 7.05 Å². The van der Waals surface area contributed by atoms with Gasteiger partial charge in [0.1, 0.15) is 0 Å². The van der Waals surface area contributed by atoms with Crippen LogP contribution in [0.1, 0.15) is 26.7 Å². The van der Waals surface area contributed by atoms with Crippen molar-refractivity contribution in [2.75, 3.05) is 39.0 Å². The molecule has 19 heavy (non-hydrogen) atoms. The first-order chi connectivity index (χ1) is 9.20. The molecule has 1 N–H and O–H groups in total. The summed E-state index contributed by atoms with van der Waals surface area (Å²) in [4.78, 5) is 6.83. The SMILES string of the molecule is CN=C(NCC1CCCO1)N1CCSC(C(C)C)C1. The van der Waals surface area contributed by atoms with Gasteiger partial charge in [-0.2, -0.15) is 11.8 Å². The molecule has 2 aliphatic heterocycles. The molecule has 0 aliphatic carbocycles. The fraction of sp³-hybridized carbons (Fsp3) is 0.929. The van der Waals surface area contributed by atoms with Crippen LogP contribution >= 0.6 is 11.8 Å². The molecule has 2 heterocycles. The maximum absolute atomic E-state index is 5.65. The Morgan fingerprint density at radius 3 is 3.00 bits per heavy atom. The fourth-order valence-electron chi connectivity index (χ4n) is 2.61. The lowest BCUT2D eigenvalue weighted by Crippen LogP contribution is -2.50. The Kier molecular flexibility index (Phi) is 5.82. The lowest BCUT2D eigenvalue weighted by atomic mass is 10.1. The predicted molar refractivity (Wildman–Crippen MR) is 83.0 cm³/mol. The van der Waals surface area contributed by atoms with Crippen molar-refractivity contribution in [3.8, 4) is 0 Å². The first kappa shape index (κ1) is 15.0. The lowest BCUT2D eigenvalue weighted by molar-refractivity contribution is 0.113. The monoisotopic (exact) mass is 285 g/mol. The van der Waals surface area contributed by atoms with Crippen molar-refractivity contribution >= 4 is 17.7 Å². The molecule has 5 heteroatoms. The van der Waals surface area contributed by atoms with Gasteiger partial charge in [-0.05, 0) is 18.8 Å². The van der Waals surface area contributed by atoms with Crippen LogP contribution in [0.15, 0.2) is 4.99 Å². The van der Waals surface area contributed by atoms with Gasteiger partial charge in [-0.1, -0.05) is 13.8 Å². The molecule has 0 radical (unpaired) electrons. The van der Waals surface area contributed by atoms with E-state index in [9.17, 15) is 0 Å².